The third kappa shape index (κ3) is 36.4. The highest BCUT2D eigenvalue weighted by Crippen LogP contribution is 2.25. The molecule has 0 saturated carbocycles. The second kappa shape index (κ2) is 53.1. The Morgan fingerprint density at radius 2 is 1.08 bits per heavy atom. The van der Waals surface area contributed by atoms with Crippen molar-refractivity contribution in [3.05, 3.63) is 266 Å². The maximum absolute atomic E-state index is 5.27. The number of nitrogens with zero attached hydrogens (tertiary/aromatic N) is 16. The Labute approximate surface area is 681 Å². The third-order valence-corrected chi connectivity index (χ3v) is 17.6. The molecule has 0 atom stereocenters. The summed E-state index contributed by atoms with van der Waals surface area (Å²) in [5, 5.41) is 21.3. The van der Waals surface area contributed by atoms with Gasteiger partial charge in [-0.15, -0.1) is 11.3 Å². The lowest BCUT2D eigenvalue weighted by Gasteiger charge is -2.07. The van der Waals surface area contributed by atoms with E-state index in [2.05, 4.69) is 291 Å². The van der Waals surface area contributed by atoms with E-state index in [1.165, 1.54) is 21.7 Å². The molecule has 0 amide bonds. The number of rotatable bonds is 22. The monoisotopic (exact) mass is 1560 g/mol. The van der Waals surface area contributed by atoms with Gasteiger partial charge in [-0.25, -0.2) is 24.9 Å². The van der Waals surface area contributed by atoms with Crippen LogP contribution < -0.4 is 0 Å². The molecule has 0 unspecified atom stereocenters. The number of aromatic nitrogens is 15. The zero-order valence-corrected chi connectivity index (χ0v) is 73.7. The first-order valence-corrected chi connectivity index (χ1v) is 39.3. The van der Waals surface area contributed by atoms with E-state index in [1.54, 1.807) is 97.0 Å². The van der Waals surface area contributed by atoms with E-state index in [-0.39, 0.29) is 0 Å². The van der Waals surface area contributed by atoms with Crippen LogP contribution >= 0.6 is 11.3 Å². The van der Waals surface area contributed by atoms with E-state index in [0.717, 1.165) is 85.7 Å². The van der Waals surface area contributed by atoms with E-state index < -0.39 is 0 Å². The maximum atomic E-state index is 5.27. The van der Waals surface area contributed by atoms with E-state index in [9.17, 15) is 0 Å². The van der Waals surface area contributed by atoms with Crippen molar-refractivity contribution in [3.8, 4) is 0 Å². The number of aliphatic imine (C=N–C) groups is 1. The Hall–Kier alpha value is -10.9. The second-order valence-corrected chi connectivity index (χ2v) is 30.4. The molecule has 11 rings (SSSR count). The van der Waals surface area contributed by atoms with E-state index >= 15 is 0 Å². The highest BCUT2D eigenvalue weighted by atomic mass is 32.1. The Kier molecular flexibility index (Phi) is 47.0. The molecule has 20 nitrogen and oxygen atoms in total. The second-order valence-electron chi connectivity index (χ2n) is 29.3. The molecular formula is C92H134N16O4S. The number of imidazole rings is 2. The lowest BCUT2D eigenvalue weighted by Crippen LogP contribution is -2.00. The molecule has 0 aromatic carbocycles. The largest absolute Gasteiger partial charge is 0.445 e. The van der Waals surface area contributed by atoms with Crippen molar-refractivity contribution in [2.75, 3.05) is 0 Å². The average Bonchev–Trinajstić information content (AvgIpc) is 1.73. The molecule has 11 heterocycles. The van der Waals surface area contributed by atoms with Gasteiger partial charge in [-0.2, -0.15) is 15.3 Å². The molecule has 1 aliphatic rings. The van der Waals surface area contributed by atoms with Crippen LogP contribution in [0.5, 0.6) is 0 Å². The van der Waals surface area contributed by atoms with E-state index in [0.29, 0.717) is 77.1 Å². The number of thiazole rings is 1. The van der Waals surface area contributed by atoms with Crippen LogP contribution in [0.4, 0.5) is 0 Å². The molecule has 1 aliphatic heterocycles. The molecule has 21 heteroatoms. The van der Waals surface area contributed by atoms with Gasteiger partial charge in [-0.05, 0) is 159 Å². The van der Waals surface area contributed by atoms with Crippen LogP contribution in [0.15, 0.2) is 187 Å². The summed E-state index contributed by atoms with van der Waals surface area (Å²) in [6.45, 7) is 86.6. The summed E-state index contributed by atoms with van der Waals surface area (Å²) in [5.41, 5.74) is 12.8. The topological polar surface area (TPSA) is 218 Å². The maximum Gasteiger partial charge on any atom is 0.218 e. The lowest BCUT2D eigenvalue weighted by molar-refractivity contribution is 0.370. The zero-order valence-electron chi connectivity index (χ0n) is 72.9. The number of oxazole rings is 2. The summed E-state index contributed by atoms with van der Waals surface area (Å²) in [5.74, 6) is 9.36. The van der Waals surface area contributed by atoms with Crippen molar-refractivity contribution >= 4 is 77.8 Å². The van der Waals surface area contributed by atoms with Gasteiger partial charge in [0.05, 0.1) is 34.7 Å². The molecule has 0 saturated heterocycles. The van der Waals surface area contributed by atoms with Gasteiger partial charge in [0.15, 0.2) is 0 Å². The number of hydrogen-bond donors (Lipinski definition) is 0. The number of allylic oxidation sites excluding steroid dienone is 2. The first-order valence-electron chi connectivity index (χ1n) is 38.5. The number of hydrogen-bond acceptors (Lipinski definition) is 16. The van der Waals surface area contributed by atoms with Crippen molar-refractivity contribution < 1.29 is 17.9 Å². The summed E-state index contributed by atoms with van der Waals surface area (Å²) in [6.07, 6.45) is 38.8. The van der Waals surface area contributed by atoms with E-state index in [4.69, 9.17) is 17.9 Å². The summed E-state index contributed by atoms with van der Waals surface area (Å²) < 4.78 is 29.8. The Morgan fingerprint density at radius 1 is 0.469 bits per heavy atom. The molecule has 0 bridgehead atoms. The van der Waals surface area contributed by atoms with Crippen molar-refractivity contribution in [2.24, 2.45) is 32.1 Å². The first-order chi connectivity index (χ1) is 53.4. The van der Waals surface area contributed by atoms with Gasteiger partial charge in [-0.3, -0.25) is 19.0 Å². The summed E-state index contributed by atoms with van der Waals surface area (Å²) in [7, 11) is 5.87. The predicted octanol–water partition coefficient (Wildman–Crippen LogP) is 26.0. The van der Waals surface area contributed by atoms with Crippen LogP contribution in [0.2, 0.25) is 0 Å². The van der Waals surface area contributed by atoms with Crippen LogP contribution in [0.3, 0.4) is 0 Å². The summed E-state index contributed by atoms with van der Waals surface area (Å²) in [4.78, 5) is 26.3. The van der Waals surface area contributed by atoms with Crippen LogP contribution in [-0.4, -0.2) is 79.4 Å². The Balaban J connectivity index is 0.000000622. The SMILES string of the molecule is C=CC1=NC=C(C(C)C)C1.C=Cc1cc(C(C)C)n(C)n1.C=Cc1cc(C(C)C)on1.C=Cc1ccn(C(C)C)n1.C=Cc1nc(C(C)C)cn1C.C=Cc1nc(C(C)C)co1.C=Cc1ncc(C(C)C)o1.C=Cc1ncc(C(C)C)s1.C=Cc1nccn1C(C)C.C=Cc1nn(C)cc1C(C)C.C=Cc1nocc1C(C)C. The van der Waals surface area contributed by atoms with Gasteiger partial charge in [-0.1, -0.05) is 207 Å². The molecule has 113 heavy (non-hydrogen) atoms. The molecule has 0 spiro atoms. The third-order valence-electron chi connectivity index (χ3n) is 16.3. The molecule has 0 fully saturated rings. The fourth-order valence-corrected chi connectivity index (χ4v) is 10.1. The zero-order chi connectivity index (χ0) is 85.8. The summed E-state index contributed by atoms with van der Waals surface area (Å²) in [6, 6.07) is 6.83. The van der Waals surface area contributed by atoms with Crippen LogP contribution in [0.25, 0.3) is 60.8 Å². The minimum atomic E-state index is 0.404. The minimum Gasteiger partial charge on any atom is -0.445 e. The fraction of sp³-hybridized carbons (Fsp3) is 0.402. The predicted molar refractivity (Wildman–Crippen MR) is 482 cm³/mol. The Bertz CT molecular complexity index is 4170. The molecule has 0 radical (unpaired) electrons. The smallest absolute Gasteiger partial charge is 0.218 e. The van der Waals surface area contributed by atoms with Gasteiger partial charge < -0.3 is 27.0 Å². The van der Waals surface area contributed by atoms with Gasteiger partial charge in [0.25, 0.3) is 0 Å². The van der Waals surface area contributed by atoms with Crippen LogP contribution in [-0.2, 0) is 21.1 Å². The fourth-order valence-electron chi connectivity index (χ4n) is 9.35. The Morgan fingerprint density at radius 3 is 1.40 bits per heavy atom. The molecular weight excluding hydrogens is 1430 g/mol. The van der Waals surface area contributed by atoms with Crippen LogP contribution in [0.1, 0.15) is 320 Å². The molecule has 10 aromatic heterocycles. The summed E-state index contributed by atoms with van der Waals surface area (Å²) >= 11 is 1.71. The number of aryl methyl sites for hydroxylation is 3. The van der Waals surface area contributed by atoms with Crippen molar-refractivity contribution in [2.45, 2.75) is 218 Å². The van der Waals surface area contributed by atoms with Gasteiger partial charge in [0.1, 0.15) is 52.1 Å². The molecule has 0 aliphatic carbocycles. The first kappa shape index (κ1) is 100. The molecule has 0 N–H and O–H groups in total. The van der Waals surface area contributed by atoms with Crippen molar-refractivity contribution in [1.29, 1.82) is 0 Å². The van der Waals surface area contributed by atoms with Gasteiger partial charge >= 0.3 is 0 Å². The normalized spacial score (nSPS) is 11.0. The van der Waals surface area contributed by atoms with Crippen molar-refractivity contribution in [1.82, 2.24) is 73.7 Å². The van der Waals surface area contributed by atoms with Crippen LogP contribution in [0, 0.1) is 5.92 Å². The molecule has 10 aromatic rings. The lowest BCUT2D eigenvalue weighted by atomic mass is 10.0. The highest BCUT2D eigenvalue weighted by Gasteiger charge is 2.13. The quantitative estimate of drug-likeness (QED) is 0.0616. The van der Waals surface area contributed by atoms with Gasteiger partial charge in [0.2, 0.25) is 11.8 Å². The standard InChI is InChI=1S/3C9H14N2.C9H13N.2C8H12N2.4C8H11NO.C8H11NS/c1-5-9-10-8(7(2)3)6-11(9)4;1-5-9-8(7(2)3)6-11(4)10-9;1-5-8-6-9(7(2)3)11(4)10-8;1-4-9-5-8(6-10-9)7(2)3;1-4-8-9-5-6-10(8)7(2)3;1-4-8-5-6-10(9-8)7(2)3;1-4-8-9-7(5-10-8)6(2)3;1-4-8-9-5-7(10-8)6(2)3;1-4-8-7(6(2)3)5-10-9-8;1-4-7-5-8(6(2)3)10-9-7;1-4-8-9-5-7(10-8)6(2)3/h3*5-7H,1H2,2-4H3;4,6-7H,1,5H2,2-3H3;2*4-7H,1H2,2-3H3;5*4-6H,1H2,2-3H3. The average molecular weight is 1560 g/mol. The van der Waals surface area contributed by atoms with E-state index in [1.807, 2.05) is 95.1 Å². The van der Waals surface area contributed by atoms with Gasteiger partial charge in [0, 0.05) is 123 Å². The molecule has 612 valence electrons. The highest BCUT2D eigenvalue weighted by molar-refractivity contribution is 7.12. The van der Waals surface area contributed by atoms with Crippen molar-refractivity contribution in [3.63, 3.8) is 0 Å². The minimum absolute atomic E-state index is 0.404.